The van der Waals surface area contributed by atoms with E-state index >= 15 is 0 Å². The van der Waals surface area contributed by atoms with Crippen LogP contribution in [0.1, 0.15) is 22.2 Å². The lowest BCUT2D eigenvalue weighted by Crippen LogP contribution is -2.71. The molecule has 6 rings (SSSR count). The van der Waals surface area contributed by atoms with E-state index in [4.69, 9.17) is 5.73 Å². The zero-order valence-corrected chi connectivity index (χ0v) is 27.0. The van der Waals surface area contributed by atoms with Gasteiger partial charge in [-0.1, -0.05) is 42.1 Å². The molecule has 4 aromatic rings. The van der Waals surface area contributed by atoms with E-state index < -0.39 is 58.0 Å². The number of fused-ring (bicyclic) bond motifs is 1. The van der Waals surface area contributed by atoms with Crippen LogP contribution in [0.4, 0.5) is 5.13 Å². The molecule has 2 aliphatic heterocycles. The molecular formula is C28H23N7O8S4. The fourth-order valence-corrected chi connectivity index (χ4v) is 8.75. The summed E-state index contributed by atoms with van der Waals surface area (Å²) in [6.45, 7) is 0. The highest BCUT2D eigenvalue weighted by Gasteiger charge is 2.54. The zero-order chi connectivity index (χ0) is 33.4. The van der Waals surface area contributed by atoms with Gasteiger partial charge in [-0.3, -0.25) is 24.1 Å². The number of rotatable bonds is 10. The number of anilines is 1. The van der Waals surface area contributed by atoms with Gasteiger partial charge in [0.1, 0.15) is 22.8 Å². The number of carboxylic acids is 1. The lowest BCUT2D eigenvalue weighted by Gasteiger charge is -2.49. The molecule has 0 aliphatic carbocycles. The number of pyridine rings is 1. The first-order chi connectivity index (χ1) is 22.5. The Morgan fingerprint density at radius 2 is 1.89 bits per heavy atom. The molecule has 1 saturated heterocycles. The number of thiazole rings is 2. The molecule has 3 atom stereocenters. The van der Waals surface area contributed by atoms with E-state index in [-0.39, 0.29) is 32.8 Å². The second-order valence-corrected chi connectivity index (χ2v) is 14.2. The monoisotopic (exact) mass is 713 g/mol. The van der Waals surface area contributed by atoms with Gasteiger partial charge in [0.05, 0.1) is 17.6 Å². The number of aromatic hydroxyl groups is 1. The Kier molecular flexibility index (Phi) is 8.95. The number of nitrogens with one attached hydrogen (secondary N) is 2. The van der Waals surface area contributed by atoms with Crippen LogP contribution in [0.2, 0.25) is 0 Å². The molecule has 0 saturated carbocycles. The normalized spacial score (nSPS) is 17.9. The quantitative estimate of drug-likeness (QED) is 0.0785. The van der Waals surface area contributed by atoms with E-state index in [1.54, 1.807) is 0 Å². The van der Waals surface area contributed by atoms with Gasteiger partial charge in [-0.15, -0.1) is 34.4 Å². The van der Waals surface area contributed by atoms with E-state index in [2.05, 4.69) is 20.6 Å². The van der Waals surface area contributed by atoms with E-state index in [0.717, 1.165) is 31.8 Å². The second kappa shape index (κ2) is 13.1. The van der Waals surface area contributed by atoms with Crippen LogP contribution >= 0.6 is 46.2 Å². The van der Waals surface area contributed by atoms with Crippen LogP contribution in [0.5, 0.6) is 5.75 Å². The van der Waals surface area contributed by atoms with Crippen molar-refractivity contribution < 1.29 is 34.6 Å². The minimum absolute atomic E-state index is 0.0203. The predicted octanol–water partition coefficient (Wildman–Crippen LogP) is 1.96. The van der Waals surface area contributed by atoms with Crippen molar-refractivity contribution in [3.05, 3.63) is 86.2 Å². The molecule has 3 aromatic heterocycles. The average molecular weight is 714 g/mol. The van der Waals surface area contributed by atoms with E-state index in [9.17, 15) is 39.4 Å². The third-order valence-corrected chi connectivity index (χ3v) is 11.2. The Morgan fingerprint density at radius 3 is 2.60 bits per heavy atom. The molecule has 0 spiro atoms. The summed E-state index contributed by atoms with van der Waals surface area (Å²) in [5, 5.41) is 37.2. The van der Waals surface area contributed by atoms with Gasteiger partial charge in [0.25, 0.3) is 11.8 Å². The number of carbonyl (C=O) groups is 4. The minimum atomic E-state index is -1.52. The molecule has 1 aromatic carbocycles. The van der Waals surface area contributed by atoms with Crippen LogP contribution < -0.4 is 21.8 Å². The Hall–Kier alpha value is -4.85. The number of nitrogen functional groups attached to an aromatic ring is 1. The SMILES string of the molecule is Nc1nc(C(NC(=O)c2cc(=O)c(O)cn2O)C(=O)N[C@@H]2C(=O)N3C(C(=O)O)=C(CSc4nc(-c5ccccc5)cs4)CS[C@H]23)cs1. The highest BCUT2D eigenvalue weighted by Crippen LogP contribution is 2.42. The lowest BCUT2D eigenvalue weighted by atomic mass is 10.0. The van der Waals surface area contributed by atoms with Crippen molar-refractivity contribution in [2.24, 2.45) is 0 Å². The second-order valence-electron chi connectivity index (χ2n) is 10.1. The van der Waals surface area contributed by atoms with Gasteiger partial charge in [0.15, 0.2) is 21.3 Å². The Labute approximate surface area is 281 Å². The molecule has 0 radical (unpaired) electrons. The number of nitrogens with zero attached hydrogens (tertiary/aromatic N) is 4. The Morgan fingerprint density at radius 1 is 1.13 bits per heavy atom. The van der Waals surface area contributed by atoms with Crippen molar-refractivity contribution in [2.45, 2.75) is 21.8 Å². The lowest BCUT2D eigenvalue weighted by molar-refractivity contribution is -0.151. The maximum atomic E-state index is 13.5. The molecule has 3 amide bonds. The fourth-order valence-electron chi connectivity index (χ4n) is 4.84. The first-order valence-electron chi connectivity index (χ1n) is 13.5. The number of β-lactam (4-membered cyclic amide) rings is 1. The van der Waals surface area contributed by atoms with Crippen molar-refractivity contribution in [1.82, 2.24) is 30.2 Å². The van der Waals surface area contributed by atoms with Gasteiger partial charge in [0, 0.05) is 33.9 Å². The number of hydrogen-bond acceptors (Lipinski definition) is 14. The molecule has 47 heavy (non-hydrogen) atoms. The summed E-state index contributed by atoms with van der Waals surface area (Å²) in [6, 6.07) is 7.67. The average Bonchev–Trinajstić information content (AvgIpc) is 3.72. The van der Waals surface area contributed by atoms with Gasteiger partial charge >= 0.3 is 5.97 Å². The molecular weight excluding hydrogens is 691 g/mol. The molecule has 19 heteroatoms. The smallest absolute Gasteiger partial charge is 0.352 e. The summed E-state index contributed by atoms with van der Waals surface area (Å²) in [5.41, 5.74) is 6.38. The molecule has 5 heterocycles. The van der Waals surface area contributed by atoms with Crippen LogP contribution in [0.3, 0.4) is 0 Å². The largest absolute Gasteiger partial charge is 0.503 e. The van der Waals surface area contributed by atoms with Crippen LogP contribution in [-0.2, 0) is 14.4 Å². The summed E-state index contributed by atoms with van der Waals surface area (Å²) in [7, 11) is 0. The summed E-state index contributed by atoms with van der Waals surface area (Å²) in [5.74, 6) is -4.10. The molecule has 1 fully saturated rings. The number of carbonyl (C=O) groups excluding carboxylic acids is 3. The van der Waals surface area contributed by atoms with Gasteiger partial charge in [-0.2, -0.15) is 4.73 Å². The van der Waals surface area contributed by atoms with Crippen LogP contribution in [0.25, 0.3) is 11.3 Å². The molecule has 0 bridgehead atoms. The van der Waals surface area contributed by atoms with E-state index in [1.807, 2.05) is 35.7 Å². The fraction of sp³-hybridized carbons (Fsp3) is 0.179. The minimum Gasteiger partial charge on any atom is -0.503 e. The van der Waals surface area contributed by atoms with Gasteiger partial charge < -0.3 is 31.8 Å². The van der Waals surface area contributed by atoms with Crippen molar-refractivity contribution in [3.63, 3.8) is 0 Å². The van der Waals surface area contributed by atoms with Crippen molar-refractivity contribution in [3.8, 4) is 17.0 Å². The Bertz CT molecular complexity index is 1990. The van der Waals surface area contributed by atoms with Crippen molar-refractivity contribution >= 4 is 75.0 Å². The number of nitrogens with two attached hydrogens (primary N) is 1. The van der Waals surface area contributed by atoms with Gasteiger partial charge in [-0.05, 0) is 5.57 Å². The number of amides is 3. The standard InChI is InChI=1S/C28H23N7O8S4/c29-27-30-15(11-45-27)19(32-22(38)16-6-17(36)18(37)7-34(16)43)23(39)33-20-24(40)35-21(26(41)42)13(8-44-25(20)35)9-46-28-31-14(10-47-28)12-4-2-1-3-5-12/h1-7,10-11,19-20,25,37,43H,8-9H2,(H2,29,30)(H,32,38)(H,33,39)(H,41,42)/t19?,20-,25-/m1/s1. The number of benzene rings is 1. The summed E-state index contributed by atoms with van der Waals surface area (Å²) < 4.78 is 0.962. The molecule has 15 nitrogen and oxygen atoms in total. The van der Waals surface area contributed by atoms with Crippen LogP contribution in [0.15, 0.2) is 73.8 Å². The number of carboxylic acid groups (broad SMARTS) is 1. The van der Waals surface area contributed by atoms with Crippen LogP contribution in [0, 0.1) is 0 Å². The number of thioether (sulfide) groups is 2. The van der Waals surface area contributed by atoms with Crippen LogP contribution in [-0.4, -0.2) is 81.6 Å². The zero-order valence-electron chi connectivity index (χ0n) is 23.7. The third kappa shape index (κ3) is 6.42. The summed E-state index contributed by atoms with van der Waals surface area (Å²) in [4.78, 5) is 73.8. The van der Waals surface area contributed by atoms with Gasteiger partial charge in [-0.25, -0.2) is 14.8 Å². The first-order valence-corrected chi connectivity index (χ1v) is 17.3. The molecule has 1 unspecified atom stereocenters. The van der Waals surface area contributed by atoms with E-state index in [0.29, 0.717) is 17.8 Å². The number of aliphatic carboxylic acids is 1. The maximum absolute atomic E-state index is 13.5. The highest BCUT2D eigenvalue weighted by molar-refractivity contribution is 8.01. The Balaban J connectivity index is 1.16. The van der Waals surface area contributed by atoms with E-state index in [1.165, 1.54) is 40.2 Å². The number of hydrogen-bond donors (Lipinski definition) is 6. The molecule has 242 valence electrons. The topological polar surface area (TPSA) is 230 Å². The van der Waals surface area contributed by atoms with Crippen molar-refractivity contribution in [2.75, 3.05) is 17.2 Å². The van der Waals surface area contributed by atoms with Gasteiger partial charge in [0.2, 0.25) is 11.3 Å². The van der Waals surface area contributed by atoms with Crippen molar-refractivity contribution in [1.29, 1.82) is 0 Å². The first kappa shape index (κ1) is 32.1. The molecule has 7 N–H and O–H groups in total. The molecule has 2 aliphatic rings. The summed E-state index contributed by atoms with van der Waals surface area (Å²) in [6.07, 6.45) is 0.619. The maximum Gasteiger partial charge on any atom is 0.352 e. The predicted molar refractivity (Wildman–Crippen MR) is 174 cm³/mol. The summed E-state index contributed by atoms with van der Waals surface area (Å²) >= 11 is 5.07. The third-order valence-electron chi connectivity index (χ3n) is 7.09. The number of aromatic nitrogens is 3. The highest BCUT2D eigenvalue weighted by atomic mass is 32.2.